The molecule has 0 unspecified atom stereocenters. The highest BCUT2D eigenvalue weighted by Crippen LogP contribution is 2.40. The van der Waals surface area contributed by atoms with Crippen molar-refractivity contribution in [3.8, 4) is 17.2 Å². The molecule has 0 fully saturated rings. The largest absolute Gasteiger partial charge is 0.504 e. The van der Waals surface area contributed by atoms with Crippen LogP contribution in [0, 0.1) is 0 Å². The van der Waals surface area contributed by atoms with Gasteiger partial charge >= 0.3 is 0 Å². The maximum atomic E-state index is 12.6. The minimum absolute atomic E-state index is 0.0892. The van der Waals surface area contributed by atoms with Gasteiger partial charge in [-0.2, -0.15) is 0 Å². The van der Waals surface area contributed by atoms with E-state index in [4.69, 9.17) is 13.9 Å². The molecule has 0 saturated heterocycles. The molecule has 0 atom stereocenters. The Morgan fingerprint density at radius 3 is 2.60 bits per heavy atom. The summed E-state index contributed by atoms with van der Waals surface area (Å²) in [5, 5.41) is 10.6. The lowest BCUT2D eigenvalue weighted by molar-refractivity contribution is 0.354. The zero-order valence-corrected chi connectivity index (χ0v) is 11.0. The van der Waals surface area contributed by atoms with Crippen LogP contribution in [0.3, 0.4) is 0 Å². The smallest absolute Gasteiger partial charge is 0.204 e. The van der Waals surface area contributed by atoms with Crippen molar-refractivity contribution in [1.29, 1.82) is 0 Å². The molecular weight excluding hydrogens is 260 g/mol. The Balaban J connectivity index is 2.61. The molecule has 0 aliphatic rings. The van der Waals surface area contributed by atoms with E-state index in [2.05, 4.69) is 0 Å². The van der Waals surface area contributed by atoms with E-state index in [-0.39, 0.29) is 33.6 Å². The van der Waals surface area contributed by atoms with Crippen molar-refractivity contribution in [3.63, 3.8) is 0 Å². The number of aromatic hydroxyl groups is 1. The summed E-state index contributed by atoms with van der Waals surface area (Å²) in [5.74, 6) is 0.361. The zero-order chi connectivity index (χ0) is 14.3. The second-order valence-electron chi connectivity index (χ2n) is 4.26. The average Bonchev–Trinajstić information content (AvgIpc) is 2.48. The predicted molar refractivity (Wildman–Crippen MR) is 74.8 cm³/mol. The molecule has 0 aliphatic heterocycles. The van der Waals surface area contributed by atoms with Crippen LogP contribution in [0.15, 0.2) is 39.5 Å². The summed E-state index contributed by atoms with van der Waals surface area (Å²) in [6, 6.07) is 8.20. The fraction of sp³-hybridized carbons (Fsp3) is 0.133. The highest BCUT2D eigenvalue weighted by atomic mass is 16.5. The second-order valence-corrected chi connectivity index (χ2v) is 4.26. The average molecular weight is 272 g/mol. The Morgan fingerprint density at radius 1 is 1.15 bits per heavy atom. The van der Waals surface area contributed by atoms with Gasteiger partial charge in [-0.3, -0.25) is 4.79 Å². The maximum absolute atomic E-state index is 12.6. The van der Waals surface area contributed by atoms with E-state index in [1.165, 1.54) is 20.3 Å². The van der Waals surface area contributed by atoms with Crippen LogP contribution in [0.1, 0.15) is 0 Å². The molecule has 3 aromatic rings. The Kier molecular flexibility index (Phi) is 2.75. The fourth-order valence-corrected chi connectivity index (χ4v) is 2.26. The Bertz CT molecular complexity index is 863. The molecule has 1 N–H and O–H groups in total. The molecule has 0 spiro atoms. The Morgan fingerprint density at radius 2 is 1.90 bits per heavy atom. The van der Waals surface area contributed by atoms with E-state index in [0.717, 1.165) is 0 Å². The summed E-state index contributed by atoms with van der Waals surface area (Å²) in [5.41, 5.74) is 0.228. The summed E-state index contributed by atoms with van der Waals surface area (Å²) < 4.78 is 16.0. The Hall–Kier alpha value is -2.69. The molecular formula is C15H12O5. The van der Waals surface area contributed by atoms with Crippen molar-refractivity contribution in [1.82, 2.24) is 0 Å². The summed E-state index contributed by atoms with van der Waals surface area (Å²) in [7, 11) is 2.87. The molecule has 20 heavy (non-hydrogen) atoms. The van der Waals surface area contributed by atoms with Crippen molar-refractivity contribution in [2.75, 3.05) is 14.2 Å². The number of phenols is 1. The zero-order valence-electron chi connectivity index (χ0n) is 11.0. The monoisotopic (exact) mass is 272 g/mol. The van der Waals surface area contributed by atoms with Gasteiger partial charge in [0.2, 0.25) is 5.43 Å². The third-order valence-corrected chi connectivity index (χ3v) is 3.17. The number of para-hydroxylation sites is 1. The van der Waals surface area contributed by atoms with Crippen molar-refractivity contribution in [2.24, 2.45) is 0 Å². The number of rotatable bonds is 2. The molecule has 5 nitrogen and oxygen atoms in total. The van der Waals surface area contributed by atoms with Crippen LogP contribution in [0.25, 0.3) is 21.9 Å². The standard InChI is InChI=1S/C15H12O5/c1-18-11-7-9(16)14-12(15(11)19-2)13(17)8-5-3-4-6-10(8)20-14/h3-7,16H,1-2H3. The van der Waals surface area contributed by atoms with Crippen molar-refractivity contribution < 1.29 is 19.0 Å². The number of fused-ring (bicyclic) bond motifs is 2. The van der Waals surface area contributed by atoms with Gasteiger partial charge in [0.15, 0.2) is 22.8 Å². The third kappa shape index (κ3) is 1.60. The highest BCUT2D eigenvalue weighted by molar-refractivity contribution is 5.97. The topological polar surface area (TPSA) is 68.9 Å². The molecule has 1 aromatic heterocycles. The first kappa shape index (κ1) is 12.3. The van der Waals surface area contributed by atoms with Gasteiger partial charge in [-0.25, -0.2) is 0 Å². The van der Waals surface area contributed by atoms with E-state index in [1.807, 2.05) is 0 Å². The molecule has 0 amide bonds. The lowest BCUT2D eigenvalue weighted by atomic mass is 10.1. The molecule has 1 heterocycles. The van der Waals surface area contributed by atoms with Gasteiger partial charge < -0.3 is 19.0 Å². The Labute approximate surface area is 114 Å². The van der Waals surface area contributed by atoms with Gasteiger partial charge in [-0.1, -0.05) is 12.1 Å². The molecule has 0 aliphatic carbocycles. The quantitative estimate of drug-likeness (QED) is 0.726. The molecule has 3 rings (SSSR count). The van der Waals surface area contributed by atoms with Crippen LogP contribution in [0.4, 0.5) is 0 Å². The first-order valence-corrected chi connectivity index (χ1v) is 5.97. The molecule has 2 aromatic carbocycles. The van der Waals surface area contributed by atoms with Gasteiger partial charge in [0.05, 0.1) is 19.6 Å². The number of phenolic OH excluding ortho intramolecular Hbond substituents is 1. The minimum Gasteiger partial charge on any atom is -0.504 e. The number of benzene rings is 2. The van der Waals surface area contributed by atoms with E-state index >= 15 is 0 Å². The molecule has 5 heteroatoms. The van der Waals surface area contributed by atoms with E-state index < -0.39 is 0 Å². The van der Waals surface area contributed by atoms with Crippen molar-refractivity contribution in [3.05, 3.63) is 40.6 Å². The predicted octanol–water partition coefficient (Wildman–Crippen LogP) is 2.67. The SMILES string of the molecule is COc1cc(O)c2oc3ccccc3c(=O)c2c1OC. The summed E-state index contributed by atoms with van der Waals surface area (Å²) in [6.45, 7) is 0. The van der Waals surface area contributed by atoms with E-state index in [1.54, 1.807) is 24.3 Å². The first-order chi connectivity index (χ1) is 9.67. The van der Waals surface area contributed by atoms with E-state index in [0.29, 0.717) is 11.0 Å². The summed E-state index contributed by atoms with van der Waals surface area (Å²) in [6.07, 6.45) is 0. The van der Waals surface area contributed by atoms with Gasteiger partial charge in [-0.05, 0) is 12.1 Å². The first-order valence-electron chi connectivity index (χ1n) is 5.97. The normalized spacial score (nSPS) is 10.9. The van der Waals surface area contributed by atoms with Crippen LogP contribution in [-0.2, 0) is 0 Å². The fourth-order valence-electron chi connectivity index (χ4n) is 2.26. The van der Waals surface area contributed by atoms with Crippen LogP contribution in [-0.4, -0.2) is 19.3 Å². The molecule has 0 radical (unpaired) electrons. The third-order valence-electron chi connectivity index (χ3n) is 3.17. The molecule has 0 saturated carbocycles. The summed E-state index contributed by atoms with van der Waals surface area (Å²) >= 11 is 0. The van der Waals surface area contributed by atoms with Crippen molar-refractivity contribution in [2.45, 2.75) is 0 Å². The number of methoxy groups -OCH3 is 2. The number of ether oxygens (including phenoxy) is 2. The lowest BCUT2D eigenvalue weighted by Gasteiger charge is -2.11. The van der Waals surface area contributed by atoms with Crippen LogP contribution in [0.5, 0.6) is 17.2 Å². The number of hydrogen-bond donors (Lipinski definition) is 1. The van der Waals surface area contributed by atoms with Crippen molar-refractivity contribution >= 4 is 21.9 Å². The highest BCUT2D eigenvalue weighted by Gasteiger charge is 2.19. The minimum atomic E-state index is -0.270. The second kappa shape index (κ2) is 4.45. The van der Waals surface area contributed by atoms with E-state index in [9.17, 15) is 9.90 Å². The maximum Gasteiger partial charge on any atom is 0.204 e. The molecule has 102 valence electrons. The van der Waals surface area contributed by atoms with Crippen LogP contribution < -0.4 is 14.9 Å². The van der Waals surface area contributed by atoms with Gasteiger partial charge in [-0.15, -0.1) is 0 Å². The number of hydrogen-bond acceptors (Lipinski definition) is 5. The van der Waals surface area contributed by atoms with Crippen LogP contribution in [0.2, 0.25) is 0 Å². The van der Waals surface area contributed by atoms with Crippen LogP contribution >= 0.6 is 0 Å². The lowest BCUT2D eigenvalue weighted by Crippen LogP contribution is -2.05. The van der Waals surface area contributed by atoms with Gasteiger partial charge in [0.25, 0.3) is 0 Å². The summed E-state index contributed by atoms with van der Waals surface area (Å²) in [4.78, 5) is 12.6. The molecule has 0 bridgehead atoms. The van der Waals surface area contributed by atoms with Gasteiger partial charge in [0, 0.05) is 6.07 Å². The van der Waals surface area contributed by atoms with Gasteiger partial charge in [0.1, 0.15) is 11.0 Å².